The molecule has 1 aromatic heterocycles. The van der Waals surface area contributed by atoms with Gasteiger partial charge in [-0.1, -0.05) is 31.2 Å². The molecule has 2 atom stereocenters. The number of nitrogens with one attached hydrogen (secondary N) is 1. The van der Waals surface area contributed by atoms with E-state index < -0.39 is 0 Å². The summed E-state index contributed by atoms with van der Waals surface area (Å²) >= 11 is 0. The Balaban J connectivity index is 1.50. The molecule has 0 spiro atoms. The van der Waals surface area contributed by atoms with Gasteiger partial charge in [-0.15, -0.1) is 5.10 Å². The molecule has 0 aliphatic carbocycles. The van der Waals surface area contributed by atoms with Crippen LogP contribution in [0.15, 0.2) is 36.4 Å². The second-order valence-electron chi connectivity index (χ2n) is 7.03. The first kappa shape index (κ1) is 18.3. The predicted molar refractivity (Wildman–Crippen MR) is 101 cm³/mol. The van der Waals surface area contributed by atoms with Crippen molar-refractivity contribution in [3.05, 3.63) is 53.2 Å². The van der Waals surface area contributed by atoms with E-state index in [1.165, 1.54) is 0 Å². The third-order valence-corrected chi connectivity index (χ3v) is 4.85. The molecule has 1 saturated heterocycles. The van der Waals surface area contributed by atoms with Gasteiger partial charge in [-0.25, -0.2) is 0 Å². The largest absolute Gasteiger partial charge is 0.396 e. The molecule has 6 heteroatoms. The van der Waals surface area contributed by atoms with Crippen molar-refractivity contribution in [2.45, 2.75) is 38.6 Å². The first-order valence-electron chi connectivity index (χ1n) is 9.09. The molecule has 138 valence electrons. The number of hydrogen-bond donors (Lipinski definition) is 2. The number of carbonyl (C=O) groups is 1. The van der Waals surface area contributed by atoms with Gasteiger partial charge >= 0.3 is 0 Å². The molecule has 0 saturated carbocycles. The number of amides is 1. The fourth-order valence-corrected chi connectivity index (χ4v) is 3.18. The van der Waals surface area contributed by atoms with E-state index in [1.807, 2.05) is 50.2 Å². The second kappa shape index (κ2) is 8.27. The normalized spacial score (nSPS) is 18.0. The standard InChI is InChI=1S/C20H26N4O2/c1-14(13-25)17-6-4-16(5-7-17)11-20(26)21-18-9-10-24(12-18)19-8-3-15(2)22-23-19/h3-8,14,18,25H,9-13H2,1-2H3,(H,21,26)/t14?,18-/m1/s1. The summed E-state index contributed by atoms with van der Waals surface area (Å²) < 4.78 is 0. The summed E-state index contributed by atoms with van der Waals surface area (Å²) in [5.41, 5.74) is 2.97. The Bertz CT molecular complexity index is 730. The summed E-state index contributed by atoms with van der Waals surface area (Å²) in [6, 6.07) is 12.0. The van der Waals surface area contributed by atoms with Crippen LogP contribution in [0.25, 0.3) is 0 Å². The zero-order valence-corrected chi connectivity index (χ0v) is 15.4. The third-order valence-electron chi connectivity index (χ3n) is 4.85. The monoisotopic (exact) mass is 354 g/mol. The van der Waals surface area contributed by atoms with E-state index >= 15 is 0 Å². The molecule has 1 aliphatic heterocycles. The van der Waals surface area contributed by atoms with Crippen molar-refractivity contribution < 1.29 is 9.90 Å². The summed E-state index contributed by atoms with van der Waals surface area (Å²) in [5.74, 6) is 1.02. The average molecular weight is 354 g/mol. The maximum absolute atomic E-state index is 12.3. The minimum atomic E-state index is 0.0368. The number of aliphatic hydroxyl groups excluding tert-OH is 1. The Morgan fingerprint density at radius 2 is 2.04 bits per heavy atom. The maximum Gasteiger partial charge on any atom is 0.224 e. The molecule has 1 aromatic carbocycles. The van der Waals surface area contributed by atoms with Gasteiger partial charge in [-0.2, -0.15) is 5.10 Å². The van der Waals surface area contributed by atoms with E-state index in [2.05, 4.69) is 20.4 Å². The SMILES string of the molecule is Cc1ccc(N2CC[C@@H](NC(=O)Cc3ccc(C(C)CO)cc3)C2)nn1. The molecule has 1 amide bonds. The first-order chi connectivity index (χ1) is 12.5. The first-order valence-corrected chi connectivity index (χ1v) is 9.09. The third kappa shape index (κ3) is 4.58. The number of benzene rings is 1. The second-order valence-corrected chi connectivity index (χ2v) is 7.03. The molecule has 2 aromatic rings. The van der Waals surface area contributed by atoms with Crippen molar-refractivity contribution in [3.63, 3.8) is 0 Å². The molecular weight excluding hydrogens is 328 g/mol. The quantitative estimate of drug-likeness (QED) is 0.827. The van der Waals surface area contributed by atoms with E-state index in [0.717, 1.165) is 42.1 Å². The predicted octanol–water partition coefficient (Wildman–Crippen LogP) is 1.82. The molecule has 1 unspecified atom stereocenters. The van der Waals surface area contributed by atoms with Crippen LogP contribution >= 0.6 is 0 Å². The summed E-state index contributed by atoms with van der Waals surface area (Å²) in [6.07, 6.45) is 1.28. The zero-order valence-electron chi connectivity index (χ0n) is 15.4. The maximum atomic E-state index is 12.3. The van der Waals surface area contributed by atoms with Crippen LogP contribution in [0, 0.1) is 6.92 Å². The number of hydrogen-bond acceptors (Lipinski definition) is 5. The Morgan fingerprint density at radius 3 is 2.69 bits per heavy atom. The molecule has 0 radical (unpaired) electrons. The smallest absolute Gasteiger partial charge is 0.224 e. The molecule has 2 heterocycles. The van der Waals surface area contributed by atoms with Crippen LogP contribution in [0.5, 0.6) is 0 Å². The van der Waals surface area contributed by atoms with Gasteiger partial charge < -0.3 is 15.3 Å². The van der Waals surface area contributed by atoms with E-state index in [1.54, 1.807) is 0 Å². The fourth-order valence-electron chi connectivity index (χ4n) is 3.18. The molecular formula is C20H26N4O2. The lowest BCUT2D eigenvalue weighted by Gasteiger charge is -2.17. The molecule has 2 N–H and O–H groups in total. The molecule has 6 nitrogen and oxygen atoms in total. The van der Waals surface area contributed by atoms with Gasteiger partial charge in [0, 0.05) is 31.7 Å². The fraction of sp³-hybridized carbons (Fsp3) is 0.450. The molecule has 1 aliphatic rings. The highest BCUT2D eigenvalue weighted by Gasteiger charge is 2.25. The van der Waals surface area contributed by atoms with Crippen LogP contribution in [0.2, 0.25) is 0 Å². The van der Waals surface area contributed by atoms with Gasteiger partial charge in [-0.3, -0.25) is 4.79 Å². The number of aliphatic hydroxyl groups is 1. The van der Waals surface area contributed by atoms with Gasteiger partial charge in [0.1, 0.15) is 0 Å². The highest BCUT2D eigenvalue weighted by atomic mass is 16.3. The van der Waals surface area contributed by atoms with E-state index in [-0.39, 0.29) is 24.5 Å². The van der Waals surface area contributed by atoms with Crippen LogP contribution < -0.4 is 10.2 Å². The van der Waals surface area contributed by atoms with Crippen molar-refractivity contribution in [1.82, 2.24) is 15.5 Å². The molecule has 0 bridgehead atoms. The van der Waals surface area contributed by atoms with Crippen molar-refractivity contribution >= 4 is 11.7 Å². The number of aromatic nitrogens is 2. The Hall–Kier alpha value is -2.47. The summed E-state index contributed by atoms with van der Waals surface area (Å²) in [5, 5.41) is 20.6. The number of rotatable bonds is 6. The van der Waals surface area contributed by atoms with Gasteiger partial charge in [0.25, 0.3) is 0 Å². The van der Waals surface area contributed by atoms with E-state index in [0.29, 0.717) is 6.42 Å². The van der Waals surface area contributed by atoms with Crippen molar-refractivity contribution in [2.75, 3.05) is 24.6 Å². The van der Waals surface area contributed by atoms with Crippen LogP contribution in [-0.2, 0) is 11.2 Å². The Labute approximate surface area is 154 Å². The number of carbonyl (C=O) groups excluding carboxylic acids is 1. The highest BCUT2D eigenvalue weighted by Crippen LogP contribution is 2.18. The Morgan fingerprint density at radius 1 is 1.27 bits per heavy atom. The lowest BCUT2D eigenvalue weighted by molar-refractivity contribution is -0.121. The minimum Gasteiger partial charge on any atom is -0.396 e. The van der Waals surface area contributed by atoms with Gasteiger partial charge in [0.05, 0.1) is 12.1 Å². The van der Waals surface area contributed by atoms with Gasteiger partial charge in [0.2, 0.25) is 5.91 Å². The summed E-state index contributed by atoms with van der Waals surface area (Å²) in [6.45, 7) is 5.66. The van der Waals surface area contributed by atoms with Crippen molar-refractivity contribution in [1.29, 1.82) is 0 Å². The van der Waals surface area contributed by atoms with Crippen molar-refractivity contribution in [3.8, 4) is 0 Å². The van der Waals surface area contributed by atoms with Crippen LogP contribution in [0.4, 0.5) is 5.82 Å². The van der Waals surface area contributed by atoms with E-state index in [4.69, 9.17) is 0 Å². The molecule has 3 rings (SSSR count). The summed E-state index contributed by atoms with van der Waals surface area (Å²) in [4.78, 5) is 14.5. The van der Waals surface area contributed by atoms with E-state index in [9.17, 15) is 9.90 Å². The average Bonchev–Trinajstić information content (AvgIpc) is 3.10. The van der Waals surface area contributed by atoms with Crippen LogP contribution in [0.3, 0.4) is 0 Å². The minimum absolute atomic E-state index is 0.0368. The van der Waals surface area contributed by atoms with Crippen LogP contribution in [-0.4, -0.2) is 46.9 Å². The van der Waals surface area contributed by atoms with Gasteiger partial charge in [-0.05, 0) is 36.6 Å². The molecule has 26 heavy (non-hydrogen) atoms. The lowest BCUT2D eigenvalue weighted by atomic mass is 10.00. The highest BCUT2D eigenvalue weighted by molar-refractivity contribution is 5.79. The topological polar surface area (TPSA) is 78.4 Å². The zero-order chi connectivity index (χ0) is 18.5. The van der Waals surface area contributed by atoms with Gasteiger partial charge in [0.15, 0.2) is 5.82 Å². The number of anilines is 1. The Kier molecular flexibility index (Phi) is 5.83. The lowest BCUT2D eigenvalue weighted by Crippen LogP contribution is -2.38. The summed E-state index contributed by atoms with van der Waals surface area (Å²) in [7, 11) is 0. The van der Waals surface area contributed by atoms with Crippen molar-refractivity contribution in [2.24, 2.45) is 0 Å². The van der Waals surface area contributed by atoms with Crippen LogP contribution in [0.1, 0.15) is 36.1 Å². The molecule has 1 fully saturated rings. The number of aryl methyl sites for hydroxylation is 1. The number of nitrogens with zero attached hydrogens (tertiary/aromatic N) is 3.